The van der Waals surface area contributed by atoms with Crippen LogP contribution in [0.25, 0.3) is 5.76 Å². The Hall–Kier alpha value is -3.58. The summed E-state index contributed by atoms with van der Waals surface area (Å²) in [5.74, 6) is -0.558. The fourth-order valence-electron chi connectivity index (χ4n) is 4.28. The van der Waals surface area contributed by atoms with E-state index in [-0.39, 0.29) is 11.3 Å². The number of Topliss-reactive ketones (excluding diaryl/α,β-unsaturated/α-hetero) is 1. The zero-order chi connectivity index (χ0) is 24.6. The number of hydrogen-bond donors (Lipinski definition) is 1. The van der Waals surface area contributed by atoms with E-state index in [1.807, 2.05) is 38.1 Å². The second kappa shape index (κ2) is 9.35. The van der Waals surface area contributed by atoms with Crippen LogP contribution in [0.1, 0.15) is 28.3 Å². The Morgan fingerprint density at radius 3 is 2.26 bits per heavy atom. The standard InChI is InChI=1S/C27H24BrNO5/c1-15-10-16(2)12-19(11-15)29-24(17-6-5-7-20(13-17)33-3)23(26(31)27(29)32)25(30)18-8-9-22(34-4)21(28)14-18/h5-14,24,30H,1-4H3/b25-23-. The predicted octanol–water partition coefficient (Wildman–Crippen LogP) is 5.71. The average Bonchev–Trinajstić information content (AvgIpc) is 3.08. The van der Waals surface area contributed by atoms with Crippen LogP contribution in [0.5, 0.6) is 11.5 Å². The SMILES string of the molecule is COc1cccc(C2/C(=C(/O)c3ccc(OC)c(Br)c3)C(=O)C(=O)N2c2cc(C)cc(C)c2)c1. The van der Waals surface area contributed by atoms with Gasteiger partial charge in [0.2, 0.25) is 0 Å². The largest absolute Gasteiger partial charge is 0.507 e. The lowest BCUT2D eigenvalue weighted by Crippen LogP contribution is -2.29. The number of aryl methyl sites for hydroxylation is 2. The molecule has 1 fully saturated rings. The molecule has 0 spiro atoms. The zero-order valence-electron chi connectivity index (χ0n) is 19.3. The van der Waals surface area contributed by atoms with Crippen LogP contribution in [0.3, 0.4) is 0 Å². The van der Waals surface area contributed by atoms with Gasteiger partial charge in [-0.3, -0.25) is 14.5 Å². The van der Waals surface area contributed by atoms with E-state index in [0.717, 1.165) is 11.1 Å². The number of halogens is 1. The van der Waals surface area contributed by atoms with Crippen molar-refractivity contribution in [2.75, 3.05) is 19.1 Å². The van der Waals surface area contributed by atoms with E-state index in [1.54, 1.807) is 43.5 Å². The molecule has 3 aromatic carbocycles. The monoisotopic (exact) mass is 521 g/mol. The van der Waals surface area contributed by atoms with E-state index in [9.17, 15) is 14.7 Å². The van der Waals surface area contributed by atoms with E-state index < -0.39 is 17.7 Å². The molecular formula is C27H24BrNO5. The van der Waals surface area contributed by atoms with Crippen molar-refractivity contribution >= 4 is 39.1 Å². The van der Waals surface area contributed by atoms with Crippen LogP contribution < -0.4 is 14.4 Å². The van der Waals surface area contributed by atoms with Crippen molar-refractivity contribution in [1.82, 2.24) is 0 Å². The minimum atomic E-state index is -0.836. The van der Waals surface area contributed by atoms with Crippen molar-refractivity contribution in [2.24, 2.45) is 0 Å². The molecule has 0 aromatic heterocycles. The highest BCUT2D eigenvalue weighted by Crippen LogP contribution is 2.43. The van der Waals surface area contributed by atoms with Crippen molar-refractivity contribution in [1.29, 1.82) is 0 Å². The highest BCUT2D eigenvalue weighted by atomic mass is 79.9. The van der Waals surface area contributed by atoms with E-state index in [0.29, 0.717) is 32.8 Å². The molecule has 6 nitrogen and oxygen atoms in total. The van der Waals surface area contributed by atoms with Crippen molar-refractivity contribution in [3.05, 3.63) is 93.0 Å². The Labute approximate surface area is 206 Å². The Kier molecular flexibility index (Phi) is 6.48. The molecular weight excluding hydrogens is 498 g/mol. The molecule has 1 amide bonds. The van der Waals surface area contributed by atoms with E-state index in [1.165, 1.54) is 12.0 Å². The van der Waals surface area contributed by atoms with Crippen LogP contribution in [-0.2, 0) is 9.59 Å². The minimum absolute atomic E-state index is 0.00878. The number of anilines is 1. The number of amides is 1. The summed E-state index contributed by atoms with van der Waals surface area (Å²) in [6.45, 7) is 3.87. The maximum absolute atomic E-state index is 13.4. The summed E-state index contributed by atoms with van der Waals surface area (Å²) in [4.78, 5) is 28.1. The second-order valence-electron chi connectivity index (χ2n) is 8.14. The molecule has 1 atom stereocenters. The van der Waals surface area contributed by atoms with Crippen LogP contribution in [0, 0.1) is 13.8 Å². The quantitative estimate of drug-likeness (QED) is 0.264. The zero-order valence-corrected chi connectivity index (χ0v) is 20.8. The molecule has 1 N–H and O–H groups in total. The number of aliphatic hydroxyl groups is 1. The van der Waals surface area contributed by atoms with Gasteiger partial charge < -0.3 is 14.6 Å². The van der Waals surface area contributed by atoms with Gasteiger partial charge in [0.05, 0.1) is 30.3 Å². The molecule has 34 heavy (non-hydrogen) atoms. The second-order valence-corrected chi connectivity index (χ2v) is 9.00. The Morgan fingerprint density at radius 2 is 1.65 bits per heavy atom. The third kappa shape index (κ3) is 4.19. The summed E-state index contributed by atoms with van der Waals surface area (Å²) >= 11 is 3.42. The smallest absolute Gasteiger partial charge is 0.300 e. The number of methoxy groups -OCH3 is 2. The van der Waals surface area contributed by atoms with Crippen molar-refractivity contribution in [3.8, 4) is 11.5 Å². The van der Waals surface area contributed by atoms with E-state index in [2.05, 4.69) is 15.9 Å². The van der Waals surface area contributed by atoms with Gasteiger partial charge in [-0.25, -0.2) is 0 Å². The number of carbonyl (C=O) groups is 2. The molecule has 1 aliphatic heterocycles. The minimum Gasteiger partial charge on any atom is -0.507 e. The Bertz CT molecular complexity index is 1310. The summed E-state index contributed by atoms with van der Waals surface area (Å²) in [5, 5.41) is 11.3. The van der Waals surface area contributed by atoms with Gasteiger partial charge in [-0.05, 0) is 88.9 Å². The Balaban J connectivity index is 1.97. The van der Waals surface area contributed by atoms with Gasteiger partial charge in [0, 0.05) is 11.3 Å². The van der Waals surface area contributed by atoms with Gasteiger partial charge in [0.1, 0.15) is 17.3 Å². The van der Waals surface area contributed by atoms with Crippen LogP contribution in [0.4, 0.5) is 5.69 Å². The normalized spacial score (nSPS) is 17.2. The number of aliphatic hydroxyl groups excluding tert-OH is 1. The van der Waals surface area contributed by atoms with Crippen molar-refractivity contribution < 1.29 is 24.2 Å². The molecule has 4 rings (SSSR count). The molecule has 174 valence electrons. The first-order chi connectivity index (χ1) is 16.2. The molecule has 1 unspecified atom stereocenters. The lowest BCUT2D eigenvalue weighted by atomic mass is 9.94. The van der Waals surface area contributed by atoms with Gasteiger partial charge >= 0.3 is 0 Å². The lowest BCUT2D eigenvalue weighted by Gasteiger charge is -2.26. The maximum atomic E-state index is 13.4. The van der Waals surface area contributed by atoms with Gasteiger partial charge in [0.15, 0.2) is 0 Å². The first kappa shape index (κ1) is 23.6. The molecule has 7 heteroatoms. The summed E-state index contributed by atoms with van der Waals surface area (Å²) in [6, 6.07) is 17.0. The fourth-order valence-corrected chi connectivity index (χ4v) is 4.83. The van der Waals surface area contributed by atoms with Gasteiger partial charge in [-0.2, -0.15) is 0 Å². The average molecular weight is 522 g/mol. The lowest BCUT2D eigenvalue weighted by molar-refractivity contribution is -0.132. The molecule has 1 heterocycles. The van der Waals surface area contributed by atoms with Gasteiger partial charge in [0.25, 0.3) is 11.7 Å². The van der Waals surface area contributed by atoms with Gasteiger partial charge in [-0.1, -0.05) is 18.2 Å². The maximum Gasteiger partial charge on any atom is 0.300 e. The molecule has 3 aromatic rings. The highest BCUT2D eigenvalue weighted by molar-refractivity contribution is 9.10. The number of carbonyl (C=O) groups excluding carboxylic acids is 2. The molecule has 0 saturated carbocycles. The summed E-state index contributed by atoms with van der Waals surface area (Å²) in [7, 11) is 3.09. The first-order valence-corrected chi connectivity index (χ1v) is 11.4. The number of ketones is 1. The summed E-state index contributed by atoms with van der Waals surface area (Å²) in [6.07, 6.45) is 0. The Morgan fingerprint density at radius 1 is 0.941 bits per heavy atom. The molecule has 0 bridgehead atoms. The number of rotatable bonds is 5. The van der Waals surface area contributed by atoms with Crippen LogP contribution in [-0.4, -0.2) is 31.0 Å². The van der Waals surface area contributed by atoms with E-state index >= 15 is 0 Å². The highest BCUT2D eigenvalue weighted by Gasteiger charge is 2.47. The van der Waals surface area contributed by atoms with Crippen LogP contribution in [0.2, 0.25) is 0 Å². The molecule has 1 aliphatic rings. The van der Waals surface area contributed by atoms with Crippen LogP contribution >= 0.6 is 15.9 Å². The number of hydrogen-bond acceptors (Lipinski definition) is 5. The van der Waals surface area contributed by atoms with E-state index in [4.69, 9.17) is 9.47 Å². The predicted molar refractivity (Wildman–Crippen MR) is 134 cm³/mol. The number of benzene rings is 3. The molecule has 1 saturated heterocycles. The van der Waals surface area contributed by atoms with Crippen molar-refractivity contribution in [3.63, 3.8) is 0 Å². The topological polar surface area (TPSA) is 76.1 Å². The number of ether oxygens (including phenoxy) is 2. The summed E-state index contributed by atoms with van der Waals surface area (Å²) < 4.78 is 11.3. The third-order valence-electron chi connectivity index (χ3n) is 5.76. The number of nitrogens with zero attached hydrogens (tertiary/aromatic N) is 1. The van der Waals surface area contributed by atoms with Gasteiger partial charge in [-0.15, -0.1) is 0 Å². The molecule has 0 aliphatic carbocycles. The summed E-state index contributed by atoms with van der Waals surface area (Å²) in [5.41, 5.74) is 3.54. The first-order valence-electron chi connectivity index (χ1n) is 10.6. The molecule has 0 radical (unpaired) electrons. The third-order valence-corrected chi connectivity index (χ3v) is 6.38. The van der Waals surface area contributed by atoms with Crippen molar-refractivity contribution in [2.45, 2.75) is 19.9 Å². The van der Waals surface area contributed by atoms with Crippen LogP contribution in [0.15, 0.2) is 70.7 Å². The fraction of sp³-hybridized carbons (Fsp3) is 0.185.